The van der Waals surface area contributed by atoms with E-state index in [2.05, 4.69) is 13.8 Å². The van der Waals surface area contributed by atoms with Crippen molar-refractivity contribution in [1.82, 2.24) is 0 Å². The average molecular weight is 258 g/mol. The van der Waals surface area contributed by atoms with Gasteiger partial charge in [-0.15, -0.1) is 23.2 Å². The largest absolute Gasteiger partial charge is 0.550 e. The van der Waals surface area contributed by atoms with E-state index in [9.17, 15) is 9.90 Å². The lowest BCUT2D eigenvalue weighted by molar-refractivity contribution is -0.305. The van der Waals surface area contributed by atoms with E-state index in [1.165, 1.54) is 25.7 Å². The Hall–Kier alpha value is 0.0500. The van der Waals surface area contributed by atoms with Crippen molar-refractivity contribution >= 4 is 29.2 Å². The number of hydrogen-bond acceptors (Lipinski definition) is 2. The molecule has 0 N–H and O–H groups in total. The standard InChI is InChI=1S/C6H14.C4H8O2.CH2Cl2/c1-3-5-6-4-2;1-2-3-4(5)6;2-1-3/h3-6H2,1-2H3;2-3H2,1H3,(H,5,6);1H2/p-1. The molecule has 0 bridgehead atoms. The van der Waals surface area contributed by atoms with Gasteiger partial charge in [-0.3, -0.25) is 0 Å². The van der Waals surface area contributed by atoms with Crippen LogP contribution in [0.25, 0.3) is 0 Å². The highest BCUT2D eigenvalue weighted by atomic mass is 35.5. The van der Waals surface area contributed by atoms with Crippen LogP contribution in [0.4, 0.5) is 0 Å². The molecule has 0 heterocycles. The minimum atomic E-state index is -0.961. The predicted molar refractivity (Wildman–Crippen MR) is 66.3 cm³/mol. The first-order chi connectivity index (χ1) is 7.10. The molecule has 0 atom stereocenters. The third-order valence-electron chi connectivity index (χ3n) is 1.41. The zero-order valence-electron chi connectivity index (χ0n) is 10.0. The van der Waals surface area contributed by atoms with E-state index in [-0.39, 0.29) is 11.8 Å². The number of carbonyl (C=O) groups excluding carboxylic acids is 1. The predicted octanol–water partition coefficient (Wildman–Crippen LogP) is 3.54. The number of rotatable bonds is 5. The lowest BCUT2D eigenvalue weighted by atomic mass is 10.2. The summed E-state index contributed by atoms with van der Waals surface area (Å²) in [5.41, 5.74) is 0. The van der Waals surface area contributed by atoms with Crippen LogP contribution >= 0.6 is 23.2 Å². The Morgan fingerprint density at radius 2 is 1.33 bits per heavy atom. The maximum absolute atomic E-state index is 9.49. The van der Waals surface area contributed by atoms with Crippen molar-refractivity contribution in [1.29, 1.82) is 0 Å². The van der Waals surface area contributed by atoms with Crippen LogP contribution in [-0.2, 0) is 4.79 Å². The van der Waals surface area contributed by atoms with Crippen molar-refractivity contribution in [2.45, 2.75) is 59.3 Å². The van der Waals surface area contributed by atoms with E-state index in [1.54, 1.807) is 6.92 Å². The number of alkyl halides is 2. The molecule has 0 amide bonds. The third-order valence-corrected chi connectivity index (χ3v) is 1.41. The van der Waals surface area contributed by atoms with Crippen molar-refractivity contribution in [2.75, 3.05) is 5.34 Å². The quantitative estimate of drug-likeness (QED) is 0.559. The Morgan fingerprint density at radius 3 is 1.40 bits per heavy atom. The van der Waals surface area contributed by atoms with Crippen LogP contribution < -0.4 is 5.11 Å². The molecule has 0 unspecified atom stereocenters. The van der Waals surface area contributed by atoms with E-state index >= 15 is 0 Å². The average Bonchev–Trinajstić information content (AvgIpc) is 2.16. The Labute approximate surface area is 104 Å². The summed E-state index contributed by atoms with van der Waals surface area (Å²) < 4.78 is 0. The first kappa shape index (κ1) is 20.5. The molecule has 0 aliphatic carbocycles. The summed E-state index contributed by atoms with van der Waals surface area (Å²) in [6.45, 7) is 6.26. The van der Waals surface area contributed by atoms with Gasteiger partial charge in [0.25, 0.3) is 0 Å². The van der Waals surface area contributed by atoms with Crippen LogP contribution in [0, 0.1) is 0 Å². The number of carbonyl (C=O) groups is 1. The molecule has 0 aliphatic rings. The van der Waals surface area contributed by atoms with Crippen LogP contribution in [0.15, 0.2) is 0 Å². The summed E-state index contributed by atoms with van der Waals surface area (Å²) in [5.74, 6) is -0.961. The van der Waals surface area contributed by atoms with Crippen LogP contribution in [0.5, 0.6) is 0 Å². The van der Waals surface area contributed by atoms with Gasteiger partial charge in [-0.25, -0.2) is 0 Å². The van der Waals surface area contributed by atoms with Gasteiger partial charge in [0.2, 0.25) is 0 Å². The normalized spacial score (nSPS) is 8.07. The van der Waals surface area contributed by atoms with Crippen molar-refractivity contribution < 1.29 is 9.90 Å². The minimum Gasteiger partial charge on any atom is -0.550 e. The molecular weight excluding hydrogens is 235 g/mol. The fourth-order valence-electron chi connectivity index (χ4n) is 0.704. The monoisotopic (exact) mass is 257 g/mol. The molecule has 0 radical (unpaired) electrons. The molecule has 0 saturated carbocycles. The van der Waals surface area contributed by atoms with Crippen LogP contribution in [0.1, 0.15) is 59.3 Å². The summed E-state index contributed by atoms with van der Waals surface area (Å²) in [5, 5.41) is 9.68. The van der Waals surface area contributed by atoms with Gasteiger partial charge in [-0.1, -0.05) is 52.9 Å². The summed E-state index contributed by atoms with van der Waals surface area (Å²) in [7, 11) is 0. The Morgan fingerprint density at radius 1 is 1.00 bits per heavy atom. The van der Waals surface area contributed by atoms with Gasteiger partial charge in [0.1, 0.15) is 0 Å². The first-order valence-corrected chi connectivity index (χ1v) is 6.49. The van der Waals surface area contributed by atoms with Crippen molar-refractivity contribution in [3.8, 4) is 0 Å². The highest BCUT2D eigenvalue weighted by Gasteiger charge is 1.75. The van der Waals surface area contributed by atoms with Gasteiger partial charge in [0.05, 0.1) is 5.34 Å². The SMILES string of the molecule is CCCC(=O)[O-].CCCCCC.ClCCl. The van der Waals surface area contributed by atoms with E-state index in [0.29, 0.717) is 6.42 Å². The van der Waals surface area contributed by atoms with Gasteiger partial charge in [-0.05, 0) is 6.42 Å². The fourth-order valence-corrected chi connectivity index (χ4v) is 0.704. The fraction of sp³-hybridized carbons (Fsp3) is 0.909. The summed E-state index contributed by atoms with van der Waals surface area (Å²) in [4.78, 5) is 9.49. The van der Waals surface area contributed by atoms with Gasteiger partial charge in [-0.2, -0.15) is 0 Å². The minimum absolute atomic E-state index is 0.181. The highest BCUT2D eigenvalue weighted by molar-refractivity contribution is 6.40. The number of halogens is 2. The zero-order valence-corrected chi connectivity index (χ0v) is 11.5. The maximum Gasteiger partial charge on any atom is 0.0967 e. The molecule has 2 nitrogen and oxygen atoms in total. The molecule has 0 saturated heterocycles. The summed E-state index contributed by atoms with van der Waals surface area (Å²) >= 11 is 9.53. The number of aliphatic carboxylic acids is 1. The zero-order chi connectivity index (χ0) is 12.5. The molecule has 15 heavy (non-hydrogen) atoms. The summed E-state index contributed by atoms with van der Waals surface area (Å²) in [6, 6.07) is 0. The Balaban J connectivity index is -0.000000153. The Kier molecular flexibility index (Phi) is 32.3. The summed E-state index contributed by atoms with van der Waals surface area (Å²) in [6.07, 6.45) is 6.39. The van der Waals surface area contributed by atoms with E-state index in [0.717, 1.165) is 0 Å². The number of hydrogen-bond donors (Lipinski definition) is 0. The second kappa shape index (κ2) is 23.7. The van der Waals surface area contributed by atoms with E-state index in [1.807, 2.05) is 0 Å². The van der Waals surface area contributed by atoms with E-state index in [4.69, 9.17) is 23.2 Å². The molecule has 4 heteroatoms. The lowest BCUT2D eigenvalue weighted by Crippen LogP contribution is -2.20. The topological polar surface area (TPSA) is 40.1 Å². The van der Waals surface area contributed by atoms with Crippen LogP contribution in [0.3, 0.4) is 0 Å². The highest BCUT2D eigenvalue weighted by Crippen LogP contribution is 1.95. The number of carboxylic acid groups (broad SMARTS) is 1. The molecule has 0 rings (SSSR count). The van der Waals surface area contributed by atoms with Gasteiger partial charge >= 0.3 is 0 Å². The molecule has 0 aromatic rings. The van der Waals surface area contributed by atoms with Crippen molar-refractivity contribution in [2.24, 2.45) is 0 Å². The number of unbranched alkanes of at least 4 members (excludes halogenated alkanes) is 3. The van der Waals surface area contributed by atoms with Gasteiger partial charge in [0, 0.05) is 5.97 Å². The molecule has 0 aromatic carbocycles. The van der Waals surface area contributed by atoms with Crippen LogP contribution in [0.2, 0.25) is 0 Å². The van der Waals surface area contributed by atoms with Gasteiger partial charge in [0.15, 0.2) is 0 Å². The Bertz CT molecular complexity index is 105. The molecule has 0 aromatic heterocycles. The van der Waals surface area contributed by atoms with Gasteiger partial charge < -0.3 is 9.90 Å². The lowest BCUT2D eigenvalue weighted by Gasteiger charge is -1.92. The maximum atomic E-state index is 9.49. The molecule has 0 spiro atoms. The molecule has 0 fully saturated rings. The molecular formula is C11H23Cl2O2-. The molecule has 94 valence electrons. The molecule has 0 aliphatic heterocycles. The van der Waals surface area contributed by atoms with E-state index < -0.39 is 5.97 Å². The van der Waals surface area contributed by atoms with Crippen molar-refractivity contribution in [3.05, 3.63) is 0 Å². The first-order valence-electron chi connectivity index (χ1n) is 5.42. The van der Waals surface area contributed by atoms with Crippen molar-refractivity contribution in [3.63, 3.8) is 0 Å². The van der Waals surface area contributed by atoms with Crippen LogP contribution in [-0.4, -0.2) is 11.3 Å². The third kappa shape index (κ3) is 55.7. The second-order valence-electron chi connectivity index (χ2n) is 2.93. The smallest absolute Gasteiger partial charge is 0.0967 e. The second-order valence-corrected chi connectivity index (χ2v) is 3.74. The number of carboxylic acids is 1.